The van der Waals surface area contributed by atoms with Crippen LogP contribution in [0.1, 0.15) is 58.3 Å². The Kier molecular flexibility index (Phi) is 16.1. The van der Waals surface area contributed by atoms with Gasteiger partial charge in [0.25, 0.3) is 0 Å². The summed E-state index contributed by atoms with van der Waals surface area (Å²) in [6.45, 7) is 2.16. The highest BCUT2D eigenvalue weighted by Gasteiger charge is 2.33. The van der Waals surface area contributed by atoms with Crippen LogP contribution in [0.5, 0.6) is 0 Å². The maximum atomic E-state index is 12.6. The lowest BCUT2D eigenvalue weighted by molar-refractivity contribution is -0.138. The Labute approximate surface area is 191 Å². The van der Waals surface area contributed by atoms with Gasteiger partial charge in [-0.1, -0.05) is 68.4 Å². The van der Waals surface area contributed by atoms with Crippen LogP contribution in [0.2, 0.25) is 0 Å². The summed E-state index contributed by atoms with van der Waals surface area (Å²) in [5, 5.41) is 26.6. The van der Waals surface area contributed by atoms with Crippen LogP contribution in [0, 0.1) is 0 Å². The number of carboxylic acids is 2. The molecule has 0 aromatic rings. The monoisotopic (exact) mass is 471 g/mol. The van der Waals surface area contributed by atoms with Gasteiger partial charge in [0, 0.05) is 6.42 Å². The van der Waals surface area contributed by atoms with Crippen LogP contribution in [0.3, 0.4) is 0 Å². The van der Waals surface area contributed by atoms with E-state index in [-0.39, 0.29) is 19.3 Å². The Morgan fingerprint density at radius 3 is 2.28 bits per heavy atom. The molecule has 3 atom stereocenters. The van der Waals surface area contributed by atoms with Crippen molar-refractivity contribution in [1.82, 2.24) is 0 Å². The van der Waals surface area contributed by atoms with E-state index in [9.17, 15) is 23.1 Å². The number of allylic oxidation sites excluding steroid dienone is 7. The van der Waals surface area contributed by atoms with Crippen molar-refractivity contribution in [1.29, 1.82) is 0 Å². The number of hydrogen-bond acceptors (Lipinski definition) is 6. The molecule has 8 nitrogen and oxygen atoms in total. The molecule has 0 aromatic heterocycles. The van der Waals surface area contributed by atoms with Crippen molar-refractivity contribution < 1.29 is 33.3 Å². The van der Waals surface area contributed by atoms with E-state index in [2.05, 4.69) is 19.1 Å². The molecule has 0 saturated carbocycles. The third-order valence-electron chi connectivity index (χ3n) is 4.60. The van der Waals surface area contributed by atoms with Crippen LogP contribution in [-0.4, -0.2) is 58.8 Å². The average Bonchev–Trinajstić information content (AvgIpc) is 2.70. The van der Waals surface area contributed by atoms with Crippen molar-refractivity contribution in [3.63, 3.8) is 0 Å². The molecular weight excluding hydrogens is 434 g/mol. The molecule has 32 heavy (non-hydrogen) atoms. The van der Waals surface area contributed by atoms with Gasteiger partial charge in [0.15, 0.2) is 9.84 Å². The minimum absolute atomic E-state index is 0.0585. The smallest absolute Gasteiger partial charge is 0.321 e. The zero-order chi connectivity index (χ0) is 24.4. The predicted octanol–water partition coefficient (Wildman–Crippen LogP) is 2.99. The molecule has 0 aromatic carbocycles. The number of rotatable bonds is 18. The van der Waals surface area contributed by atoms with E-state index in [0.29, 0.717) is 0 Å². The van der Waals surface area contributed by atoms with E-state index in [1.54, 1.807) is 12.2 Å². The van der Waals surface area contributed by atoms with Crippen molar-refractivity contribution in [2.45, 2.75) is 75.7 Å². The molecule has 0 heterocycles. The Morgan fingerprint density at radius 1 is 0.969 bits per heavy atom. The van der Waals surface area contributed by atoms with Crippen molar-refractivity contribution in [2.75, 3.05) is 5.75 Å². The highest BCUT2D eigenvalue weighted by molar-refractivity contribution is 7.92. The number of aliphatic hydroxyl groups excluding tert-OH is 1. The van der Waals surface area contributed by atoms with Crippen molar-refractivity contribution in [3.8, 4) is 0 Å². The average molecular weight is 472 g/mol. The fourth-order valence-electron chi connectivity index (χ4n) is 2.81. The summed E-state index contributed by atoms with van der Waals surface area (Å²) in [5.74, 6) is -3.34. The highest BCUT2D eigenvalue weighted by atomic mass is 32.2. The third-order valence-corrected chi connectivity index (χ3v) is 6.72. The van der Waals surface area contributed by atoms with Crippen molar-refractivity contribution in [3.05, 3.63) is 48.6 Å². The number of carboxylic acid groups (broad SMARTS) is 2. The topological polar surface area (TPSA) is 155 Å². The van der Waals surface area contributed by atoms with Crippen LogP contribution in [0.15, 0.2) is 48.6 Å². The molecule has 0 aliphatic carbocycles. The van der Waals surface area contributed by atoms with Gasteiger partial charge in [-0.25, -0.2) is 8.42 Å². The van der Waals surface area contributed by atoms with Gasteiger partial charge in [-0.05, 0) is 32.1 Å². The largest absolute Gasteiger partial charge is 0.481 e. The summed E-state index contributed by atoms with van der Waals surface area (Å²) in [6.07, 6.45) is 17.9. The molecule has 0 spiro atoms. The van der Waals surface area contributed by atoms with Crippen LogP contribution < -0.4 is 5.73 Å². The lowest BCUT2D eigenvalue weighted by Crippen LogP contribution is -2.43. The van der Waals surface area contributed by atoms with Gasteiger partial charge in [-0.2, -0.15) is 0 Å². The number of unbranched alkanes of at least 4 members (excludes halogenated alkanes) is 3. The molecular formula is C23H37NO7S. The van der Waals surface area contributed by atoms with Gasteiger partial charge in [0.2, 0.25) is 0 Å². The quantitative estimate of drug-likeness (QED) is 0.135. The molecule has 0 bridgehead atoms. The van der Waals surface area contributed by atoms with Crippen molar-refractivity contribution in [2.24, 2.45) is 5.73 Å². The number of nitrogens with two attached hydrogens (primary N) is 1. The van der Waals surface area contributed by atoms with Crippen LogP contribution in [-0.2, 0) is 19.4 Å². The number of hydrogen-bond donors (Lipinski definition) is 4. The fourth-order valence-corrected chi connectivity index (χ4v) is 4.62. The highest BCUT2D eigenvalue weighted by Crippen LogP contribution is 2.16. The number of aliphatic hydroxyl groups is 1. The van der Waals surface area contributed by atoms with Crippen LogP contribution in [0.4, 0.5) is 0 Å². The van der Waals surface area contributed by atoms with E-state index < -0.39 is 44.9 Å². The normalized spacial score (nSPS) is 15.7. The SMILES string of the molecule is CCCCC/C=C/C/C=C/C=C/C=C/C(C(O)CCCC(=O)O)S(=O)(=O)CC(N)C(=O)O. The molecule has 0 rings (SSSR count). The van der Waals surface area contributed by atoms with Crippen LogP contribution in [0.25, 0.3) is 0 Å². The maximum absolute atomic E-state index is 12.6. The minimum Gasteiger partial charge on any atom is -0.481 e. The summed E-state index contributed by atoms with van der Waals surface area (Å²) < 4.78 is 25.2. The molecule has 0 saturated heterocycles. The number of sulfone groups is 1. The second kappa shape index (κ2) is 17.3. The molecule has 0 radical (unpaired) electrons. The summed E-state index contributed by atoms with van der Waals surface area (Å²) in [7, 11) is -4.08. The number of aliphatic carboxylic acids is 2. The van der Waals surface area contributed by atoms with Gasteiger partial charge >= 0.3 is 11.9 Å². The Hall–Kier alpha value is -2.23. The van der Waals surface area contributed by atoms with Gasteiger partial charge in [-0.15, -0.1) is 0 Å². The Morgan fingerprint density at radius 2 is 1.66 bits per heavy atom. The third kappa shape index (κ3) is 14.7. The molecule has 5 N–H and O–H groups in total. The first-order chi connectivity index (χ1) is 15.1. The summed E-state index contributed by atoms with van der Waals surface area (Å²) in [4.78, 5) is 21.6. The first-order valence-corrected chi connectivity index (χ1v) is 12.6. The van der Waals surface area contributed by atoms with Gasteiger partial charge in [-0.3, -0.25) is 9.59 Å². The molecule has 0 aliphatic heterocycles. The second-order valence-electron chi connectivity index (χ2n) is 7.49. The summed E-state index contributed by atoms with van der Waals surface area (Å²) in [5.41, 5.74) is 5.36. The second-order valence-corrected chi connectivity index (χ2v) is 9.70. The predicted molar refractivity (Wildman–Crippen MR) is 126 cm³/mol. The van der Waals surface area contributed by atoms with E-state index in [1.165, 1.54) is 31.4 Å². The fraction of sp³-hybridized carbons (Fsp3) is 0.565. The van der Waals surface area contributed by atoms with Gasteiger partial charge in [0.1, 0.15) is 11.3 Å². The molecule has 0 amide bonds. The summed E-state index contributed by atoms with van der Waals surface area (Å²) >= 11 is 0. The lowest BCUT2D eigenvalue weighted by Gasteiger charge is -2.21. The van der Waals surface area contributed by atoms with E-state index in [0.717, 1.165) is 12.8 Å². The van der Waals surface area contributed by atoms with E-state index in [1.807, 2.05) is 12.2 Å². The lowest BCUT2D eigenvalue weighted by atomic mass is 10.1. The Balaban J connectivity index is 4.98. The maximum Gasteiger partial charge on any atom is 0.321 e. The van der Waals surface area contributed by atoms with Gasteiger partial charge in [0.05, 0.1) is 11.9 Å². The zero-order valence-electron chi connectivity index (χ0n) is 18.7. The van der Waals surface area contributed by atoms with Crippen molar-refractivity contribution >= 4 is 21.8 Å². The van der Waals surface area contributed by atoms with Crippen LogP contribution >= 0.6 is 0 Å². The first kappa shape index (κ1) is 29.8. The van der Waals surface area contributed by atoms with E-state index in [4.69, 9.17) is 15.9 Å². The molecule has 9 heteroatoms. The molecule has 0 aliphatic rings. The molecule has 182 valence electrons. The zero-order valence-corrected chi connectivity index (χ0v) is 19.5. The minimum atomic E-state index is -4.08. The Bertz CT molecular complexity index is 769. The van der Waals surface area contributed by atoms with E-state index >= 15 is 0 Å². The first-order valence-electron chi connectivity index (χ1n) is 10.9. The number of carbonyl (C=O) groups is 2. The molecule has 3 unspecified atom stereocenters. The summed E-state index contributed by atoms with van der Waals surface area (Å²) in [6, 6.07) is -1.62. The standard InChI is InChI=1S/C23H37NO7S/c1-2-3-4-5-6-7-8-9-10-11-12-13-16-21(20(25)15-14-17-22(26)27)32(30,31)18-19(24)23(28)29/h6-7,9-13,16,19-21,25H,2-5,8,14-15,17-18,24H2,1H3,(H,26,27)(H,28,29)/b7-6+,10-9+,12-11+,16-13+. The molecule has 0 fully saturated rings. The van der Waals surface area contributed by atoms with Gasteiger partial charge < -0.3 is 21.1 Å².